The average Bonchev–Trinajstić information content (AvgIpc) is 3.44. The molecule has 0 bridgehead atoms. The zero-order valence-corrected chi connectivity index (χ0v) is 54.7. The largest absolute Gasteiger partial charge is 0.472 e. The second-order valence-electron chi connectivity index (χ2n) is 24.0. The van der Waals surface area contributed by atoms with Crippen LogP contribution in [-0.2, 0) is 65.4 Å². The quantitative estimate of drug-likeness (QED) is 0.0222. The van der Waals surface area contributed by atoms with Crippen LogP contribution in [0.25, 0.3) is 0 Å². The molecule has 17 nitrogen and oxygen atoms in total. The summed E-state index contributed by atoms with van der Waals surface area (Å²) in [6.45, 7) is 11.6. The number of aliphatic hydroxyl groups is 1. The summed E-state index contributed by atoms with van der Waals surface area (Å²) >= 11 is 0. The van der Waals surface area contributed by atoms with Gasteiger partial charge in [-0.25, -0.2) is 9.13 Å². The van der Waals surface area contributed by atoms with Crippen molar-refractivity contribution in [1.29, 1.82) is 0 Å². The van der Waals surface area contributed by atoms with E-state index in [0.29, 0.717) is 37.5 Å². The van der Waals surface area contributed by atoms with Crippen LogP contribution >= 0.6 is 15.6 Å². The van der Waals surface area contributed by atoms with E-state index in [4.69, 9.17) is 37.0 Å². The van der Waals surface area contributed by atoms with Crippen molar-refractivity contribution in [3.63, 3.8) is 0 Å². The Hall–Kier alpha value is -1.94. The zero-order valence-electron chi connectivity index (χ0n) is 52.9. The van der Waals surface area contributed by atoms with Gasteiger partial charge in [0.1, 0.15) is 19.3 Å². The van der Waals surface area contributed by atoms with E-state index < -0.39 is 97.5 Å². The Kier molecular flexibility index (Phi) is 53.2. The maximum Gasteiger partial charge on any atom is 0.472 e. The summed E-state index contributed by atoms with van der Waals surface area (Å²) in [6, 6.07) is 0. The van der Waals surface area contributed by atoms with Crippen molar-refractivity contribution in [3.8, 4) is 0 Å². The molecule has 0 fully saturated rings. The van der Waals surface area contributed by atoms with E-state index >= 15 is 0 Å². The summed E-state index contributed by atoms with van der Waals surface area (Å²) in [6.07, 6.45) is 35.0. The molecule has 0 amide bonds. The number of phosphoric acid groups is 2. The average molecular weight is 1210 g/mol. The number of carbonyl (C=O) groups is 4. The Labute approximate surface area is 498 Å². The summed E-state index contributed by atoms with van der Waals surface area (Å²) in [5.74, 6) is 0.00346. The third kappa shape index (κ3) is 55.9. The number of aliphatic hydroxyl groups excluding tert-OH is 1. The molecule has 0 aromatic rings. The SMILES string of the molecule is CCCCCCCCCCCCCC(=O)OC[C@H](COP(=O)(O)OC[C@@H](O)COP(=O)(O)OC[C@@H](COC(=O)CCCCCCCCC(C)C)OC(=O)CCCCCCCCCC(C)C)OC(=O)CCCCCCCCCCC(C)CC. The first-order chi connectivity index (χ1) is 39.3. The fourth-order valence-electron chi connectivity index (χ4n) is 9.27. The Balaban J connectivity index is 5.25. The highest BCUT2D eigenvalue weighted by molar-refractivity contribution is 7.47. The first-order valence-corrected chi connectivity index (χ1v) is 35.9. The van der Waals surface area contributed by atoms with Crippen molar-refractivity contribution in [3.05, 3.63) is 0 Å². The molecule has 0 aromatic carbocycles. The maximum atomic E-state index is 13.0. The van der Waals surface area contributed by atoms with Gasteiger partial charge < -0.3 is 33.8 Å². The molecule has 3 unspecified atom stereocenters. The molecule has 3 N–H and O–H groups in total. The summed E-state index contributed by atoms with van der Waals surface area (Å²) in [5, 5.41) is 10.5. The molecule has 0 saturated heterocycles. The van der Waals surface area contributed by atoms with Crippen molar-refractivity contribution >= 4 is 39.5 Å². The van der Waals surface area contributed by atoms with Crippen molar-refractivity contribution in [2.75, 3.05) is 39.6 Å². The highest BCUT2D eigenvalue weighted by Crippen LogP contribution is 2.45. The maximum absolute atomic E-state index is 13.0. The smallest absolute Gasteiger partial charge is 0.462 e. The Morgan fingerprint density at radius 2 is 0.622 bits per heavy atom. The van der Waals surface area contributed by atoms with Crippen molar-refractivity contribution in [2.24, 2.45) is 17.8 Å². The Bertz CT molecular complexity index is 1630. The fourth-order valence-corrected chi connectivity index (χ4v) is 10.9. The lowest BCUT2D eigenvalue weighted by Crippen LogP contribution is -2.30. The van der Waals surface area contributed by atoms with E-state index in [1.807, 2.05) is 0 Å². The second-order valence-corrected chi connectivity index (χ2v) is 26.9. The molecule has 0 heterocycles. The summed E-state index contributed by atoms with van der Waals surface area (Å²) < 4.78 is 67.9. The molecular formula is C63H122O17P2. The fraction of sp³-hybridized carbons (Fsp3) is 0.937. The number of hydrogen-bond donors (Lipinski definition) is 3. The van der Waals surface area contributed by atoms with E-state index in [2.05, 4.69) is 48.5 Å². The van der Waals surface area contributed by atoms with Gasteiger partial charge in [-0.15, -0.1) is 0 Å². The van der Waals surface area contributed by atoms with E-state index in [1.165, 1.54) is 109 Å². The standard InChI is InChI=1S/C63H122O17P2/c1-8-10-11-12-13-14-15-16-22-30-37-44-60(65)73-50-58(79-62(67)46-39-32-23-18-17-21-29-36-43-56(7)9-2)52-77-81(69,70)75-48-57(64)49-76-82(71,72)78-53-59(51-74-61(66)45-38-31-26-25-28-35-42-55(5)6)80-63(68)47-40-33-24-19-20-27-34-41-54(3)4/h54-59,64H,8-53H2,1-7H3,(H,69,70)(H,71,72)/t56?,57-,58-,59-/m1/s1. The molecule has 0 aliphatic heterocycles. The van der Waals surface area contributed by atoms with Crippen LogP contribution in [0.4, 0.5) is 0 Å². The minimum Gasteiger partial charge on any atom is -0.462 e. The highest BCUT2D eigenvalue weighted by Gasteiger charge is 2.30. The van der Waals surface area contributed by atoms with Gasteiger partial charge in [0.2, 0.25) is 0 Å². The van der Waals surface area contributed by atoms with Crippen LogP contribution in [0.3, 0.4) is 0 Å². The molecule has 486 valence electrons. The number of unbranched alkanes of at least 4 members (excludes halogenated alkanes) is 28. The lowest BCUT2D eigenvalue weighted by atomic mass is 9.99. The molecule has 6 atom stereocenters. The predicted octanol–water partition coefficient (Wildman–Crippen LogP) is 17.1. The van der Waals surface area contributed by atoms with Gasteiger partial charge in [-0.1, -0.05) is 254 Å². The van der Waals surface area contributed by atoms with Crippen molar-refractivity contribution in [2.45, 2.75) is 324 Å². The van der Waals surface area contributed by atoms with Crippen LogP contribution in [0.1, 0.15) is 305 Å². The lowest BCUT2D eigenvalue weighted by molar-refractivity contribution is -0.161. The molecule has 0 saturated carbocycles. The molecule has 0 radical (unpaired) electrons. The minimum atomic E-state index is -4.94. The van der Waals surface area contributed by atoms with Gasteiger partial charge >= 0.3 is 39.5 Å². The van der Waals surface area contributed by atoms with Gasteiger partial charge in [-0.2, -0.15) is 0 Å². The summed E-state index contributed by atoms with van der Waals surface area (Å²) in [7, 11) is -9.89. The number of esters is 4. The third-order valence-corrected chi connectivity index (χ3v) is 16.6. The van der Waals surface area contributed by atoms with Crippen molar-refractivity contribution in [1.82, 2.24) is 0 Å². The Morgan fingerprint density at radius 3 is 0.927 bits per heavy atom. The molecule has 0 aliphatic carbocycles. The van der Waals surface area contributed by atoms with Gasteiger partial charge in [-0.05, 0) is 43.4 Å². The normalized spacial score (nSPS) is 14.7. The molecule has 0 rings (SSSR count). The van der Waals surface area contributed by atoms with Crippen LogP contribution in [-0.4, -0.2) is 96.7 Å². The predicted molar refractivity (Wildman–Crippen MR) is 326 cm³/mol. The molecular weight excluding hydrogens is 1090 g/mol. The van der Waals surface area contributed by atoms with E-state index in [9.17, 15) is 43.2 Å². The third-order valence-electron chi connectivity index (χ3n) is 14.7. The van der Waals surface area contributed by atoms with E-state index in [1.54, 1.807) is 0 Å². The minimum absolute atomic E-state index is 0.102. The molecule has 82 heavy (non-hydrogen) atoms. The van der Waals surface area contributed by atoms with Gasteiger partial charge in [0, 0.05) is 25.7 Å². The number of hydrogen-bond acceptors (Lipinski definition) is 15. The second kappa shape index (κ2) is 54.5. The summed E-state index contributed by atoms with van der Waals surface area (Å²) in [4.78, 5) is 72.1. The number of ether oxygens (including phenoxy) is 4. The zero-order chi connectivity index (χ0) is 61.0. The van der Waals surface area contributed by atoms with Gasteiger partial charge in [0.25, 0.3) is 0 Å². The van der Waals surface area contributed by atoms with Gasteiger partial charge in [-0.3, -0.25) is 37.3 Å². The molecule has 19 heteroatoms. The van der Waals surface area contributed by atoms with Gasteiger partial charge in [0.05, 0.1) is 26.4 Å². The van der Waals surface area contributed by atoms with Crippen LogP contribution in [0.5, 0.6) is 0 Å². The number of carbonyl (C=O) groups excluding carboxylic acids is 4. The number of phosphoric ester groups is 2. The van der Waals surface area contributed by atoms with Crippen molar-refractivity contribution < 1.29 is 80.2 Å². The molecule has 0 aromatic heterocycles. The lowest BCUT2D eigenvalue weighted by Gasteiger charge is -2.21. The van der Waals surface area contributed by atoms with E-state index in [-0.39, 0.29) is 25.7 Å². The monoisotopic (exact) mass is 1210 g/mol. The van der Waals surface area contributed by atoms with Crippen LogP contribution < -0.4 is 0 Å². The molecule has 0 spiro atoms. The van der Waals surface area contributed by atoms with Crippen LogP contribution in [0, 0.1) is 17.8 Å². The Morgan fingerprint density at radius 1 is 0.354 bits per heavy atom. The first kappa shape index (κ1) is 80.1. The highest BCUT2D eigenvalue weighted by atomic mass is 31.2. The first-order valence-electron chi connectivity index (χ1n) is 32.9. The van der Waals surface area contributed by atoms with Crippen LogP contribution in [0.2, 0.25) is 0 Å². The topological polar surface area (TPSA) is 237 Å². The summed E-state index contributed by atoms with van der Waals surface area (Å²) in [5.41, 5.74) is 0. The van der Waals surface area contributed by atoms with Crippen LogP contribution in [0.15, 0.2) is 0 Å². The van der Waals surface area contributed by atoms with Gasteiger partial charge in [0.15, 0.2) is 12.2 Å². The molecule has 0 aliphatic rings. The number of rotatable bonds is 61. The van der Waals surface area contributed by atoms with E-state index in [0.717, 1.165) is 102 Å².